The van der Waals surface area contributed by atoms with Crippen molar-refractivity contribution < 1.29 is 0 Å². The molecule has 1 saturated carbocycles. The van der Waals surface area contributed by atoms with Crippen molar-refractivity contribution >= 4 is 0 Å². The molecule has 0 radical (unpaired) electrons. The first-order chi connectivity index (χ1) is 10.3. The largest absolute Gasteiger partial charge is 0.310 e. The van der Waals surface area contributed by atoms with Gasteiger partial charge in [0.05, 0.1) is 0 Å². The number of hydrogen-bond donors (Lipinski definition) is 1. The Labute approximate surface area is 129 Å². The highest BCUT2D eigenvalue weighted by atomic mass is 14.9. The second-order valence-electron chi connectivity index (χ2n) is 6.76. The van der Waals surface area contributed by atoms with E-state index in [4.69, 9.17) is 9.97 Å². The molecular formula is C18H29N3. The van der Waals surface area contributed by atoms with Crippen LogP contribution in [0.4, 0.5) is 0 Å². The van der Waals surface area contributed by atoms with E-state index >= 15 is 0 Å². The first-order valence-corrected chi connectivity index (χ1v) is 8.90. The molecule has 1 atom stereocenters. The molecular weight excluding hydrogens is 258 g/mol. The maximum atomic E-state index is 4.97. The Balaban J connectivity index is 1.74. The van der Waals surface area contributed by atoms with E-state index in [1.807, 2.05) is 0 Å². The summed E-state index contributed by atoms with van der Waals surface area (Å²) in [5.74, 6) is 2.68. The lowest BCUT2D eigenvalue weighted by molar-refractivity contribution is 0.311. The molecule has 1 fully saturated rings. The van der Waals surface area contributed by atoms with Crippen LogP contribution in [0.5, 0.6) is 0 Å². The minimum atomic E-state index is 0.476. The van der Waals surface area contributed by atoms with Gasteiger partial charge in [-0.25, -0.2) is 9.97 Å². The highest BCUT2D eigenvalue weighted by molar-refractivity contribution is 5.25. The van der Waals surface area contributed by atoms with Gasteiger partial charge in [0.25, 0.3) is 0 Å². The average molecular weight is 287 g/mol. The lowest BCUT2D eigenvalue weighted by Crippen LogP contribution is -2.26. The van der Waals surface area contributed by atoms with Crippen molar-refractivity contribution in [3.8, 4) is 0 Å². The van der Waals surface area contributed by atoms with Crippen LogP contribution in [0.3, 0.4) is 0 Å². The second kappa shape index (κ2) is 6.87. The molecule has 1 heterocycles. The quantitative estimate of drug-likeness (QED) is 0.904. The van der Waals surface area contributed by atoms with Crippen LogP contribution in [0.25, 0.3) is 0 Å². The smallest absolute Gasteiger partial charge is 0.131 e. The zero-order valence-electron chi connectivity index (χ0n) is 13.6. The van der Waals surface area contributed by atoms with Crippen LogP contribution in [-0.2, 0) is 6.42 Å². The molecule has 2 aliphatic rings. The Morgan fingerprint density at radius 3 is 2.67 bits per heavy atom. The van der Waals surface area contributed by atoms with Gasteiger partial charge in [0, 0.05) is 29.4 Å². The Bertz CT molecular complexity index is 464. The minimum absolute atomic E-state index is 0.476. The van der Waals surface area contributed by atoms with Crippen molar-refractivity contribution in [2.24, 2.45) is 5.92 Å². The van der Waals surface area contributed by atoms with Gasteiger partial charge in [-0.15, -0.1) is 0 Å². The molecule has 0 bridgehead atoms. The number of nitrogens with one attached hydrogen (secondary N) is 1. The molecule has 21 heavy (non-hydrogen) atoms. The Hall–Kier alpha value is -0.960. The molecule has 3 rings (SSSR count). The molecule has 0 spiro atoms. The van der Waals surface area contributed by atoms with E-state index in [2.05, 4.69) is 25.4 Å². The molecule has 1 aromatic rings. The van der Waals surface area contributed by atoms with Crippen molar-refractivity contribution in [2.75, 3.05) is 6.54 Å². The molecule has 3 nitrogen and oxygen atoms in total. The fourth-order valence-electron chi connectivity index (χ4n) is 4.05. The lowest BCUT2D eigenvalue weighted by Gasteiger charge is -2.29. The highest BCUT2D eigenvalue weighted by Gasteiger charge is 2.26. The molecule has 0 aliphatic heterocycles. The van der Waals surface area contributed by atoms with Crippen LogP contribution >= 0.6 is 0 Å². The van der Waals surface area contributed by atoms with E-state index in [1.165, 1.54) is 56.2 Å². The fraction of sp³-hybridized carbons (Fsp3) is 0.778. The maximum absolute atomic E-state index is 4.97. The SMILES string of the molecule is CCNC1CCCc2nc(C3CCC(CC)CC3)ncc21. The monoisotopic (exact) mass is 287 g/mol. The average Bonchev–Trinajstić information content (AvgIpc) is 2.55. The Morgan fingerprint density at radius 1 is 1.14 bits per heavy atom. The van der Waals surface area contributed by atoms with Crippen LogP contribution in [0.15, 0.2) is 6.20 Å². The van der Waals surface area contributed by atoms with Gasteiger partial charge < -0.3 is 5.32 Å². The van der Waals surface area contributed by atoms with Gasteiger partial charge in [-0.3, -0.25) is 0 Å². The third-order valence-electron chi connectivity index (χ3n) is 5.44. The van der Waals surface area contributed by atoms with Crippen molar-refractivity contribution in [3.63, 3.8) is 0 Å². The van der Waals surface area contributed by atoms with Gasteiger partial charge in [0.1, 0.15) is 5.82 Å². The predicted octanol–water partition coefficient (Wildman–Crippen LogP) is 4.15. The number of hydrogen-bond acceptors (Lipinski definition) is 3. The second-order valence-corrected chi connectivity index (χ2v) is 6.76. The van der Waals surface area contributed by atoms with Crippen LogP contribution in [0.2, 0.25) is 0 Å². The maximum Gasteiger partial charge on any atom is 0.131 e. The summed E-state index contributed by atoms with van der Waals surface area (Å²) in [6.07, 6.45) is 12.4. The minimum Gasteiger partial charge on any atom is -0.310 e. The normalized spacial score (nSPS) is 29.1. The Morgan fingerprint density at radius 2 is 1.95 bits per heavy atom. The van der Waals surface area contributed by atoms with E-state index in [-0.39, 0.29) is 0 Å². The Kier molecular flexibility index (Phi) is 4.89. The summed E-state index contributed by atoms with van der Waals surface area (Å²) in [6.45, 7) is 5.52. The molecule has 2 aliphatic carbocycles. The number of nitrogens with zero attached hydrogens (tertiary/aromatic N) is 2. The zero-order valence-corrected chi connectivity index (χ0v) is 13.6. The van der Waals surface area contributed by atoms with Gasteiger partial charge in [0.2, 0.25) is 0 Å². The summed E-state index contributed by atoms with van der Waals surface area (Å²) in [4.78, 5) is 9.72. The number of aromatic nitrogens is 2. The fourth-order valence-corrected chi connectivity index (χ4v) is 4.05. The van der Waals surface area contributed by atoms with Gasteiger partial charge in [-0.2, -0.15) is 0 Å². The molecule has 0 aromatic carbocycles. The first-order valence-electron chi connectivity index (χ1n) is 8.90. The van der Waals surface area contributed by atoms with Crippen molar-refractivity contribution in [2.45, 2.75) is 77.2 Å². The summed E-state index contributed by atoms with van der Waals surface area (Å²) in [6, 6.07) is 0.476. The third kappa shape index (κ3) is 3.28. The van der Waals surface area contributed by atoms with Crippen LogP contribution < -0.4 is 5.32 Å². The summed E-state index contributed by atoms with van der Waals surface area (Å²) in [7, 11) is 0. The van der Waals surface area contributed by atoms with E-state index in [0.717, 1.165) is 24.7 Å². The number of aryl methyl sites for hydroxylation is 1. The third-order valence-corrected chi connectivity index (χ3v) is 5.44. The highest BCUT2D eigenvalue weighted by Crippen LogP contribution is 2.36. The van der Waals surface area contributed by atoms with Gasteiger partial charge in [-0.05, 0) is 57.4 Å². The zero-order chi connectivity index (χ0) is 14.7. The van der Waals surface area contributed by atoms with Crippen molar-refractivity contribution in [3.05, 3.63) is 23.3 Å². The molecule has 116 valence electrons. The van der Waals surface area contributed by atoms with Crippen LogP contribution in [0, 0.1) is 5.92 Å². The molecule has 1 unspecified atom stereocenters. The van der Waals surface area contributed by atoms with Gasteiger partial charge in [0.15, 0.2) is 0 Å². The van der Waals surface area contributed by atoms with E-state index in [1.54, 1.807) is 0 Å². The van der Waals surface area contributed by atoms with Crippen molar-refractivity contribution in [1.29, 1.82) is 0 Å². The standard InChI is InChI=1S/C18H29N3/c1-3-13-8-10-14(11-9-13)18-20-12-15-16(19-4-2)6-5-7-17(15)21-18/h12-14,16,19H,3-11H2,1-2H3. The molecule has 0 saturated heterocycles. The molecule has 0 amide bonds. The summed E-state index contributed by atoms with van der Waals surface area (Å²) in [5, 5.41) is 3.57. The summed E-state index contributed by atoms with van der Waals surface area (Å²) < 4.78 is 0. The predicted molar refractivity (Wildman–Crippen MR) is 86.4 cm³/mol. The summed E-state index contributed by atoms with van der Waals surface area (Å²) >= 11 is 0. The lowest BCUT2D eigenvalue weighted by atomic mass is 9.80. The van der Waals surface area contributed by atoms with E-state index < -0.39 is 0 Å². The molecule has 1 N–H and O–H groups in total. The van der Waals surface area contributed by atoms with Gasteiger partial charge in [-0.1, -0.05) is 20.3 Å². The van der Waals surface area contributed by atoms with Crippen LogP contribution in [0.1, 0.15) is 87.8 Å². The number of rotatable bonds is 4. The molecule has 3 heteroatoms. The topological polar surface area (TPSA) is 37.8 Å². The number of fused-ring (bicyclic) bond motifs is 1. The van der Waals surface area contributed by atoms with E-state index in [9.17, 15) is 0 Å². The van der Waals surface area contributed by atoms with Crippen LogP contribution in [-0.4, -0.2) is 16.5 Å². The van der Waals surface area contributed by atoms with Crippen molar-refractivity contribution in [1.82, 2.24) is 15.3 Å². The first kappa shape index (κ1) is 15.0. The van der Waals surface area contributed by atoms with E-state index in [0.29, 0.717) is 12.0 Å². The van der Waals surface area contributed by atoms with Gasteiger partial charge >= 0.3 is 0 Å². The molecule has 1 aromatic heterocycles. The summed E-state index contributed by atoms with van der Waals surface area (Å²) in [5.41, 5.74) is 2.67.